The summed E-state index contributed by atoms with van der Waals surface area (Å²) in [5, 5.41) is 0. The quantitative estimate of drug-likeness (QED) is 0.709. The fraction of sp³-hybridized carbons (Fsp3) is 0.625. The molecule has 2 unspecified atom stereocenters. The second kappa shape index (κ2) is 6.34. The summed E-state index contributed by atoms with van der Waals surface area (Å²) < 4.78 is 6.30. The van der Waals surface area contributed by atoms with Gasteiger partial charge in [0.1, 0.15) is 10.2 Å². The van der Waals surface area contributed by atoms with Crippen LogP contribution >= 0.6 is 15.9 Å². The first kappa shape index (κ1) is 16.3. The van der Waals surface area contributed by atoms with Gasteiger partial charge in [0.25, 0.3) is 0 Å². The predicted molar refractivity (Wildman–Crippen MR) is 86.3 cm³/mol. The Bertz CT molecular complexity index is 496. The van der Waals surface area contributed by atoms with Crippen molar-refractivity contribution >= 4 is 22.0 Å². The highest BCUT2D eigenvalue weighted by Crippen LogP contribution is 2.33. The Morgan fingerprint density at radius 3 is 2.67 bits per heavy atom. The average molecular weight is 355 g/mol. The lowest BCUT2D eigenvalue weighted by atomic mass is 9.82. The van der Waals surface area contributed by atoms with E-state index in [1.165, 1.54) is 5.56 Å². The first-order chi connectivity index (χ1) is 9.76. The van der Waals surface area contributed by atoms with Crippen molar-refractivity contribution in [3.8, 4) is 0 Å². The average Bonchev–Trinajstić information content (AvgIpc) is 2.38. The largest absolute Gasteiger partial charge is 0.444 e. The zero-order chi connectivity index (χ0) is 15.6. The maximum atomic E-state index is 12.1. The molecule has 0 bridgehead atoms. The second-order valence-electron chi connectivity index (χ2n) is 6.71. The number of likely N-dealkylation sites (tertiary alicyclic amines) is 1. The van der Waals surface area contributed by atoms with Gasteiger partial charge in [-0.1, -0.05) is 13.0 Å². The third-order valence-corrected chi connectivity index (χ3v) is 4.20. The molecule has 1 aromatic heterocycles. The van der Waals surface area contributed by atoms with Gasteiger partial charge in [-0.3, -0.25) is 0 Å². The fourth-order valence-corrected chi connectivity index (χ4v) is 2.97. The maximum Gasteiger partial charge on any atom is 0.410 e. The molecular weight excluding hydrogens is 332 g/mol. The van der Waals surface area contributed by atoms with Crippen LogP contribution in [0.5, 0.6) is 0 Å². The first-order valence-corrected chi connectivity index (χ1v) is 8.15. The monoisotopic (exact) mass is 354 g/mol. The molecule has 0 N–H and O–H groups in total. The molecule has 1 fully saturated rings. The van der Waals surface area contributed by atoms with Crippen molar-refractivity contribution in [2.24, 2.45) is 5.92 Å². The van der Waals surface area contributed by atoms with Gasteiger partial charge in [-0.05, 0) is 66.6 Å². The van der Waals surface area contributed by atoms with Crippen LogP contribution in [-0.4, -0.2) is 34.7 Å². The molecule has 1 aromatic rings. The number of carbonyl (C=O) groups is 1. The third-order valence-electron chi connectivity index (χ3n) is 3.74. The van der Waals surface area contributed by atoms with E-state index < -0.39 is 5.60 Å². The molecular formula is C16H23BrN2O2. The van der Waals surface area contributed by atoms with Crippen LogP contribution in [0, 0.1) is 5.92 Å². The molecule has 2 atom stereocenters. The lowest BCUT2D eigenvalue weighted by Crippen LogP contribution is -2.44. The molecule has 2 heterocycles. The highest BCUT2D eigenvalue weighted by atomic mass is 79.9. The number of hydrogen-bond donors (Lipinski definition) is 0. The third kappa shape index (κ3) is 4.43. The SMILES string of the molecule is CC1CN(C(=O)OC(C)(C)C)CCC1c1ccc(Br)nc1. The Hall–Kier alpha value is -1.10. The highest BCUT2D eigenvalue weighted by molar-refractivity contribution is 9.10. The van der Waals surface area contributed by atoms with Crippen LogP contribution < -0.4 is 0 Å². The molecule has 0 aliphatic carbocycles. The molecule has 21 heavy (non-hydrogen) atoms. The van der Waals surface area contributed by atoms with E-state index in [2.05, 4.69) is 33.9 Å². The van der Waals surface area contributed by atoms with Crippen molar-refractivity contribution in [3.63, 3.8) is 0 Å². The van der Waals surface area contributed by atoms with Crippen molar-refractivity contribution in [2.45, 2.75) is 45.6 Å². The number of ether oxygens (including phenoxy) is 1. The summed E-state index contributed by atoms with van der Waals surface area (Å²) >= 11 is 3.36. The molecule has 4 nitrogen and oxygen atoms in total. The minimum absolute atomic E-state index is 0.207. The van der Waals surface area contributed by atoms with Crippen molar-refractivity contribution in [3.05, 3.63) is 28.5 Å². The zero-order valence-corrected chi connectivity index (χ0v) is 14.7. The van der Waals surface area contributed by atoms with Crippen LogP contribution in [0.2, 0.25) is 0 Å². The Morgan fingerprint density at radius 2 is 2.14 bits per heavy atom. The van der Waals surface area contributed by atoms with E-state index >= 15 is 0 Å². The van der Waals surface area contributed by atoms with E-state index in [-0.39, 0.29) is 6.09 Å². The van der Waals surface area contributed by atoms with Crippen LogP contribution in [0.3, 0.4) is 0 Å². The number of halogens is 1. The number of carbonyl (C=O) groups excluding carboxylic acids is 1. The van der Waals surface area contributed by atoms with Gasteiger partial charge in [0.15, 0.2) is 0 Å². The van der Waals surface area contributed by atoms with Crippen molar-refractivity contribution in [1.29, 1.82) is 0 Å². The van der Waals surface area contributed by atoms with Gasteiger partial charge in [0.05, 0.1) is 0 Å². The van der Waals surface area contributed by atoms with Gasteiger partial charge in [-0.25, -0.2) is 9.78 Å². The summed E-state index contributed by atoms with van der Waals surface area (Å²) in [7, 11) is 0. The molecule has 1 amide bonds. The Labute approximate surface area is 135 Å². The van der Waals surface area contributed by atoms with Gasteiger partial charge >= 0.3 is 6.09 Å². The molecule has 116 valence electrons. The van der Waals surface area contributed by atoms with Gasteiger partial charge in [0.2, 0.25) is 0 Å². The van der Waals surface area contributed by atoms with Crippen LogP contribution in [0.4, 0.5) is 4.79 Å². The Kier molecular flexibility index (Phi) is 4.91. The molecule has 1 aliphatic rings. The molecule has 2 rings (SSSR count). The van der Waals surface area contributed by atoms with Crippen molar-refractivity contribution < 1.29 is 9.53 Å². The van der Waals surface area contributed by atoms with Crippen LogP contribution in [0.1, 0.15) is 45.6 Å². The van der Waals surface area contributed by atoms with Crippen molar-refractivity contribution in [2.75, 3.05) is 13.1 Å². The molecule has 0 saturated carbocycles. The number of aromatic nitrogens is 1. The number of amides is 1. The van der Waals surface area contributed by atoms with Crippen LogP contribution in [0.25, 0.3) is 0 Å². The minimum atomic E-state index is -0.438. The highest BCUT2D eigenvalue weighted by Gasteiger charge is 2.32. The summed E-state index contributed by atoms with van der Waals surface area (Å²) in [4.78, 5) is 18.3. The molecule has 0 spiro atoms. The summed E-state index contributed by atoms with van der Waals surface area (Å²) in [6.07, 6.45) is 2.67. The molecule has 1 saturated heterocycles. The standard InChI is InChI=1S/C16H23BrN2O2/c1-11-10-19(15(20)21-16(2,3)4)8-7-13(11)12-5-6-14(17)18-9-12/h5-6,9,11,13H,7-8,10H2,1-4H3. The van der Waals surface area contributed by atoms with Crippen LogP contribution in [0.15, 0.2) is 22.9 Å². The predicted octanol–water partition coefficient (Wildman–Crippen LogP) is 4.20. The van der Waals surface area contributed by atoms with Crippen LogP contribution in [-0.2, 0) is 4.74 Å². The molecule has 1 aliphatic heterocycles. The zero-order valence-electron chi connectivity index (χ0n) is 13.1. The summed E-state index contributed by atoms with van der Waals surface area (Å²) in [5.41, 5.74) is 0.807. The topological polar surface area (TPSA) is 42.4 Å². The van der Waals surface area contributed by atoms with E-state index in [1.807, 2.05) is 37.9 Å². The van der Waals surface area contributed by atoms with E-state index in [1.54, 1.807) is 0 Å². The Morgan fingerprint density at radius 1 is 1.43 bits per heavy atom. The van der Waals surface area contributed by atoms with Gasteiger partial charge in [-0.15, -0.1) is 0 Å². The summed E-state index contributed by atoms with van der Waals surface area (Å²) in [5.74, 6) is 0.846. The lowest BCUT2D eigenvalue weighted by Gasteiger charge is -2.37. The smallest absolute Gasteiger partial charge is 0.410 e. The molecule has 0 radical (unpaired) electrons. The van der Waals surface area contributed by atoms with Gasteiger partial charge in [0, 0.05) is 19.3 Å². The Balaban J connectivity index is 1.99. The number of hydrogen-bond acceptors (Lipinski definition) is 3. The van der Waals surface area contributed by atoms with Gasteiger partial charge < -0.3 is 9.64 Å². The number of rotatable bonds is 1. The van der Waals surface area contributed by atoms with E-state index in [0.717, 1.165) is 24.1 Å². The first-order valence-electron chi connectivity index (χ1n) is 7.35. The number of nitrogens with zero attached hydrogens (tertiary/aromatic N) is 2. The lowest BCUT2D eigenvalue weighted by molar-refractivity contribution is 0.0155. The van der Waals surface area contributed by atoms with E-state index in [0.29, 0.717) is 11.8 Å². The van der Waals surface area contributed by atoms with E-state index in [9.17, 15) is 4.79 Å². The number of piperidine rings is 1. The summed E-state index contributed by atoms with van der Waals surface area (Å²) in [6, 6.07) is 4.09. The van der Waals surface area contributed by atoms with Gasteiger partial charge in [-0.2, -0.15) is 0 Å². The minimum Gasteiger partial charge on any atom is -0.444 e. The van der Waals surface area contributed by atoms with Crippen molar-refractivity contribution in [1.82, 2.24) is 9.88 Å². The fourth-order valence-electron chi connectivity index (χ4n) is 2.74. The maximum absolute atomic E-state index is 12.1. The normalized spacial score (nSPS) is 23.0. The number of pyridine rings is 1. The van der Waals surface area contributed by atoms with E-state index in [4.69, 9.17) is 4.74 Å². The summed E-state index contributed by atoms with van der Waals surface area (Å²) in [6.45, 7) is 9.34. The molecule has 0 aromatic carbocycles. The molecule has 5 heteroatoms. The second-order valence-corrected chi connectivity index (χ2v) is 7.53.